The van der Waals surface area contributed by atoms with Gasteiger partial charge in [0, 0.05) is 11.6 Å². The minimum Gasteiger partial charge on any atom is -0.496 e. The van der Waals surface area contributed by atoms with Crippen LogP contribution in [-0.4, -0.2) is 17.1 Å². The van der Waals surface area contributed by atoms with E-state index in [2.05, 4.69) is 9.97 Å². The van der Waals surface area contributed by atoms with E-state index in [0.29, 0.717) is 16.2 Å². The van der Waals surface area contributed by atoms with E-state index in [1.165, 1.54) is 6.07 Å². The average molecular weight is 284 g/mol. The Balaban J connectivity index is 2.33. The zero-order valence-electron chi connectivity index (χ0n) is 10.8. The molecule has 3 aromatic rings. The Morgan fingerprint density at radius 1 is 1.05 bits per heavy atom. The van der Waals surface area contributed by atoms with E-state index < -0.39 is 0 Å². The second-order valence-corrected chi connectivity index (χ2v) is 4.81. The summed E-state index contributed by atoms with van der Waals surface area (Å²) in [6.45, 7) is 0. The van der Waals surface area contributed by atoms with Crippen LogP contribution in [0.4, 0.5) is 0 Å². The lowest BCUT2D eigenvalue weighted by molar-refractivity contribution is 0.417. The van der Waals surface area contributed by atoms with Gasteiger partial charge in [-0.25, -0.2) is 0 Å². The van der Waals surface area contributed by atoms with Crippen LogP contribution in [0.2, 0.25) is 0 Å². The van der Waals surface area contributed by atoms with E-state index in [-0.39, 0.29) is 5.56 Å². The molecule has 0 unspecified atom stereocenters. The van der Waals surface area contributed by atoms with Crippen LogP contribution in [0.15, 0.2) is 47.3 Å². The normalized spacial score (nSPS) is 10.7. The van der Waals surface area contributed by atoms with E-state index in [9.17, 15) is 4.79 Å². The Bertz CT molecular complexity index is 868. The van der Waals surface area contributed by atoms with Gasteiger partial charge in [-0.3, -0.25) is 9.78 Å². The largest absolute Gasteiger partial charge is 0.496 e. The van der Waals surface area contributed by atoms with Crippen LogP contribution in [0, 0.1) is 4.77 Å². The summed E-state index contributed by atoms with van der Waals surface area (Å²) in [5.41, 5.74) is 1.21. The average Bonchev–Trinajstić information content (AvgIpc) is 2.44. The molecule has 0 saturated heterocycles. The van der Waals surface area contributed by atoms with Crippen molar-refractivity contribution in [3.63, 3.8) is 0 Å². The highest BCUT2D eigenvalue weighted by Crippen LogP contribution is 2.32. The zero-order valence-corrected chi connectivity index (χ0v) is 11.6. The molecule has 0 radical (unpaired) electrons. The molecule has 0 spiro atoms. The second kappa shape index (κ2) is 4.94. The summed E-state index contributed by atoms with van der Waals surface area (Å²) in [7, 11) is 1.61. The maximum absolute atomic E-state index is 11.6. The SMILES string of the molecule is COc1cc2ccccc2cc1-c1cc(=O)[nH]c(=S)[nH]1. The number of fused-ring (bicyclic) bond motifs is 1. The predicted molar refractivity (Wildman–Crippen MR) is 81.7 cm³/mol. The number of ether oxygens (including phenoxy) is 1. The van der Waals surface area contributed by atoms with E-state index in [1.807, 2.05) is 36.4 Å². The molecule has 2 aromatic carbocycles. The van der Waals surface area contributed by atoms with Crippen molar-refractivity contribution in [3.8, 4) is 17.0 Å². The van der Waals surface area contributed by atoms with Crippen LogP contribution >= 0.6 is 12.2 Å². The summed E-state index contributed by atoms with van der Waals surface area (Å²) < 4.78 is 5.72. The van der Waals surface area contributed by atoms with Gasteiger partial charge >= 0.3 is 0 Å². The predicted octanol–water partition coefficient (Wildman–Crippen LogP) is 3.26. The first-order chi connectivity index (χ1) is 9.67. The number of hydrogen-bond donors (Lipinski definition) is 2. The molecule has 0 atom stereocenters. The molecule has 1 heterocycles. The Morgan fingerprint density at radius 2 is 1.75 bits per heavy atom. The minimum absolute atomic E-state index is 0.237. The molecular formula is C15H12N2O2S. The van der Waals surface area contributed by atoms with Crippen molar-refractivity contribution in [2.75, 3.05) is 7.11 Å². The molecule has 0 fully saturated rings. The molecule has 0 bridgehead atoms. The molecule has 1 aromatic heterocycles. The summed E-state index contributed by atoms with van der Waals surface area (Å²) in [5, 5.41) is 2.15. The Morgan fingerprint density at radius 3 is 2.40 bits per heavy atom. The minimum atomic E-state index is -0.237. The van der Waals surface area contributed by atoms with Crippen LogP contribution < -0.4 is 10.3 Å². The lowest BCUT2D eigenvalue weighted by atomic mass is 10.0. The lowest BCUT2D eigenvalue weighted by Gasteiger charge is -2.10. The number of aromatic amines is 2. The van der Waals surface area contributed by atoms with Crippen molar-refractivity contribution >= 4 is 23.0 Å². The molecule has 20 heavy (non-hydrogen) atoms. The fourth-order valence-electron chi connectivity index (χ4n) is 2.21. The highest BCUT2D eigenvalue weighted by Gasteiger charge is 2.09. The standard InChI is InChI=1S/C15H12N2O2S/c1-19-13-7-10-5-3-2-4-9(10)6-11(13)12-8-14(18)17-15(20)16-12/h2-8H,1H3,(H2,16,17,18,20). The topological polar surface area (TPSA) is 57.9 Å². The van der Waals surface area contributed by atoms with Crippen LogP contribution in [0.5, 0.6) is 5.75 Å². The number of hydrogen-bond acceptors (Lipinski definition) is 3. The first-order valence-electron chi connectivity index (χ1n) is 6.08. The van der Waals surface area contributed by atoms with Gasteiger partial charge in [-0.1, -0.05) is 24.3 Å². The number of H-pyrrole nitrogens is 2. The molecule has 0 saturated carbocycles. The molecule has 2 N–H and O–H groups in total. The molecular weight excluding hydrogens is 272 g/mol. The third-order valence-electron chi connectivity index (χ3n) is 3.12. The van der Waals surface area contributed by atoms with Crippen molar-refractivity contribution in [2.24, 2.45) is 0 Å². The summed E-state index contributed by atoms with van der Waals surface area (Å²) in [5.74, 6) is 0.694. The first kappa shape index (κ1) is 12.6. The summed E-state index contributed by atoms with van der Waals surface area (Å²) in [4.78, 5) is 17.1. The van der Waals surface area contributed by atoms with E-state index in [0.717, 1.165) is 16.3 Å². The molecule has 4 nitrogen and oxygen atoms in total. The van der Waals surface area contributed by atoms with Crippen molar-refractivity contribution in [1.29, 1.82) is 0 Å². The molecule has 0 amide bonds. The van der Waals surface area contributed by atoms with Gasteiger partial charge in [0.25, 0.3) is 5.56 Å². The van der Waals surface area contributed by atoms with Crippen LogP contribution in [0.1, 0.15) is 0 Å². The maximum Gasteiger partial charge on any atom is 0.252 e. The molecule has 0 aliphatic heterocycles. The number of aromatic nitrogens is 2. The van der Waals surface area contributed by atoms with Crippen LogP contribution in [0.3, 0.4) is 0 Å². The van der Waals surface area contributed by atoms with Gasteiger partial charge in [0.05, 0.1) is 12.8 Å². The highest BCUT2D eigenvalue weighted by atomic mass is 32.1. The summed E-state index contributed by atoms with van der Waals surface area (Å²) in [6.07, 6.45) is 0. The van der Waals surface area contributed by atoms with Gasteiger partial charge in [0.2, 0.25) is 0 Å². The van der Waals surface area contributed by atoms with E-state index >= 15 is 0 Å². The Kier molecular flexibility index (Phi) is 3.12. The summed E-state index contributed by atoms with van der Waals surface area (Å²) >= 11 is 5.01. The van der Waals surface area contributed by atoms with Crippen LogP contribution in [-0.2, 0) is 0 Å². The third kappa shape index (κ3) is 2.23. The van der Waals surface area contributed by atoms with Gasteiger partial charge in [-0.15, -0.1) is 0 Å². The van der Waals surface area contributed by atoms with Crippen molar-refractivity contribution in [1.82, 2.24) is 9.97 Å². The number of methoxy groups -OCH3 is 1. The molecule has 3 rings (SSSR count). The number of rotatable bonds is 2. The van der Waals surface area contributed by atoms with Crippen LogP contribution in [0.25, 0.3) is 22.0 Å². The zero-order chi connectivity index (χ0) is 14.1. The van der Waals surface area contributed by atoms with Crippen molar-refractivity contribution in [3.05, 3.63) is 57.6 Å². The fraction of sp³-hybridized carbons (Fsp3) is 0.0667. The summed E-state index contributed by atoms with van der Waals surface area (Å²) in [6, 6.07) is 13.4. The lowest BCUT2D eigenvalue weighted by Crippen LogP contribution is -2.06. The van der Waals surface area contributed by atoms with Gasteiger partial charge in [-0.05, 0) is 35.1 Å². The molecule has 100 valence electrons. The Labute approximate surface area is 120 Å². The van der Waals surface area contributed by atoms with Gasteiger partial charge in [0.15, 0.2) is 4.77 Å². The number of nitrogens with one attached hydrogen (secondary N) is 2. The molecule has 5 heteroatoms. The fourth-order valence-corrected chi connectivity index (χ4v) is 2.42. The Hall–Kier alpha value is -2.40. The van der Waals surface area contributed by atoms with Gasteiger partial charge < -0.3 is 9.72 Å². The van der Waals surface area contributed by atoms with Gasteiger partial charge in [-0.2, -0.15) is 0 Å². The second-order valence-electron chi connectivity index (χ2n) is 4.40. The maximum atomic E-state index is 11.6. The highest BCUT2D eigenvalue weighted by molar-refractivity contribution is 7.71. The van der Waals surface area contributed by atoms with E-state index in [1.54, 1.807) is 7.11 Å². The first-order valence-corrected chi connectivity index (χ1v) is 6.49. The smallest absolute Gasteiger partial charge is 0.252 e. The van der Waals surface area contributed by atoms with E-state index in [4.69, 9.17) is 17.0 Å². The third-order valence-corrected chi connectivity index (χ3v) is 3.32. The molecule has 0 aliphatic rings. The molecule has 0 aliphatic carbocycles. The van der Waals surface area contributed by atoms with Crippen molar-refractivity contribution in [2.45, 2.75) is 0 Å². The quantitative estimate of drug-likeness (QED) is 0.710. The van der Waals surface area contributed by atoms with Crippen molar-refractivity contribution < 1.29 is 4.74 Å². The number of benzene rings is 2. The monoisotopic (exact) mass is 284 g/mol. The van der Waals surface area contributed by atoms with Gasteiger partial charge in [0.1, 0.15) is 5.75 Å².